The van der Waals surface area contributed by atoms with Crippen LogP contribution in [0, 0.1) is 6.92 Å². The monoisotopic (exact) mass is 311 g/mol. The van der Waals surface area contributed by atoms with Crippen molar-refractivity contribution in [1.29, 1.82) is 0 Å². The molecule has 6 nitrogen and oxygen atoms in total. The lowest BCUT2D eigenvalue weighted by molar-refractivity contribution is -0.118. The van der Waals surface area contributed by atoms with Crippen LogP contribution in [-0.4, -0.2) is 47.5 Å². The summed E-state index contributed by atoms with van der Waals surface area (Å²) in [6, 6.07) is 12.2. The highest BCUT2D eigenvalue weighted by Crippen LogP contribution is 2.17. The number of amides is 1. The molecule has 1 amide bonds. The Hall–Kier alpha value is -2.63. The number of carbonyl (C=O) groups is 1. The lowest BCUT2D eigenvalue weighted by Crippen LogP contribution is -2.46. The number of rotatable bonds is 5. The van der Waals surface area contributed by atoms with E-state index < -0.39 is 0 Å². The predicted octanol–water partition coefficient (Wildman–Crippen LogP) is 1.68. The smallest absolute Gasteiger partial charge is 0.225 e. The number of aryl methyl sites for hydroxylation is 1. The van der Waals surface area contributed by atoms with Crippen LogP contribution in [0.2, 0.25) is 0 Å². The maximum Gasteiger partial charge on any atom is 0.225 e. The predicted molar refractivity (Wildman–Crippen MR) is 90.4 cm³/mol. The fraction of sp³-hybridized carbons (Fsp3) is 0.353. The molecule has 2 heterocycles. The van der Waals surface area contributed by atoms with Crippen LogP contribution >= 0.6 is 0 Å². The molecule has 0 unspecified atom stereocenters. The average molecular weight is 311 g/mol. The van der Waals surface area contributed by atoms with E-state index in [4.69, 9.17) is 0 Å². The van der Waals surface area contributed by atoms with Gasteiger partial charge in [-0.2, -0.15) is 4.98 Å². The van der Waals surface area contributed by atoms with E-state index in [1.54, 1.807) is 4.90 Å². The summed E-state index contributed by atoms with van der Waals surface area (Å²) in [4.78, 5) is 23.9. The van der Waals surface area contributed by atoms with Gasteiger partial charge in [0.1, 0.15) is 5.82 Å². The highest BCUT2D eigenvalue weighted by Gasteiger charge is 2.17. The Morgan fingerprint density at radius 3 is 2.57 bits per heavy atom. The molecule has 0 bridgehead atoms. The van der Waals surface area contributed by atoms with Gasteiger partial charge in [-0.15, -0.1) is 0 Å². The summed E-state index contributed by atoms with van der Waals surface area (Å²) in [5.41, 5.74) is 2.13. The van der Waals surface area contributed by atoms with Crippen LogP contribution in [0.3, 0.4) is 0 Å². The quantitative estimate of drug-likeness (QED) is 0.851. The Morgan fingerprint density at radius 1 is 1.13 bits per heavy atom. The molecule has 0 atom stereocenters. The zero-order valence-corrected chi connectivity index (χ0v) is 13.3. The Bertz CT molecular complexity index is 653. The molecule has 1 N–H and O–H groups in total. The maximum absolute atomic E-state index is 10.8. The summed E-state index contributed by atoms with van der Waals surface area (Å²) in [7, 11) is 0. The highest BCUT2D eigenvalue weighted by atomic mass is 16.1. The molecule has 3 rings (SSSR count). The zero-order valence-electron chi connectivity index (χ0n) is 13.3. The van der Waals surface area contributed by atoms with E-state index in [2.05, 4.69) is 32.3 Å². The molecule has 2 aromatic rings. The Kier molecular flexibility index (Phi) is 4.71. The van der Waals surface area contributed by atoms with Gasteiger partial charge in [-0.1, -0.05) is 30.3 Å². The molecule has 0 spiro atoms. The molecule has 120 valence electrons. The third-order valence-corrected chi connectivity index (χ3v) is 3.92. The molecule has 1 fully saturated rings. The summed E-state index contributed by atoms with van der Waals surface area (Å²) in [5.74, 6) is 1.56. The normalized spacial score (nSPS) is 14.7. The first kappa shape index (κ1) is 15.3. The van der Waals surface area contributed by atoms with E-state index in [1.807, 2.05) is 31.2 Å². The Morgan fingerprint density at radius 2 is 1.87 bits per heavy atom. The van der Waals surface area contributed by atoms with Gasteiger partial charge in [0, 0.05) is 44.5 Å². The molecule has 1 aromatic heterocycles. The first-order chi connectivity index (χ1) is 11.2. The standard InChI is InChI=1S/C17H21N5O/c1-14-11-16(22-9-7-21(13-23)8-10-22)20-17(19-14)18-12-15-5-3-2-4-6-15/h2-6,11,13H,7-10,12H2,1H3,(H,18,19,20). The van der Waals surface area contributed by atoms with Crippen molar-refractivity contribution in [1.82, 2.24) is 14.9 Å². The van der Waals surface area contributed by atoms with E-state index in [1.165, 1.54) is 5.56 Å². The molecule has 1 aliphatic rings. The maximum atomic E-state index is 10.8. The van der Waals surface area contributed by atoms with Crippen molar-refractivity contribution >= 4 is 18.2 Å². The molecule has 6 heteroatoms. The van der Waals surface area contributed by atoms with Gasteiger partial charge >= 0.3 is 0 Å². The largest absolute Gasteiger partial charge is 0.353 e. The van der Waals surface area contributed by atoms with Crippen molar-refractivity contribution in [3.63, 3.8) is 0 Å². The van der Waals surface area contributed by atoms with Gasteiger partial charge in [0.2, 0.25) is 12.4 Å². The second kappa shape index (κ2) is 7.09. The van der Waals surface area contributed by atoms with Crippen LogP contribution in [0.15, 0.2) is 36.4 Å². The minimum absolute atomic E-state index is 0.640. The molecule has 0 saturated carbocycles. The fourth-order valence-electron chi connectivity index (χ4n) is 2.63. The van der Waals surface area contributed by atoms with Crippen LogP contribution in [0.25, 0.3) is 0 Å². The molecular weight excluding hydrogens is 290 g/mol. The number of piperazine rings is 1. The topological polar surface area (TPSA) is 61.4 Å². The second-order valence-corrected chi connectivity index (χ2v) is 5.66. The first-order valence-electron chi connectivity index (χ1n) is 7.82. The van der Waals surface area contributed by atoms with Crippen LogP contribution in [0.1, 0.15) is 11.3 Å². The van der Waals surface area contributed by atoms with Crippen molar-refractivity contribution in [3.8, 4) is 0 Å². The third-order valence-electron chi connectivity index (χ3n) is 3.92. The van der Waals surface area contributed by atoms with Crippen molar-refractivity contribution in [2.75, 3.05) is 36.4 Å². The van der Waals surface area contributed by atoms with Crippen LogP contribution in [0.4, 0.5) is 11.8 Å². The minimum atomic E-state index is 0.640. The molecule has 1 saturated heterocycles. The van der Waals surface area contributed by atoms with Crippen molar-refractivity contribution in [2.45, 2.75) is 13.5 Å². The molecule has 0 radical (unpaired) electrons. The number of carbonyl (C=O) groups excluding carboxylic acids is 1. The van der Waals surface area contributed by atoms with E-state index in [0.29, 0.717) is 12.5 Å². The average Bonchev–Trinajstić information content (AvgIpc) is 2.60. The number of nitrogens with one attached hydrogen (secondary N) is 1. The number of aromatic nitrogens is 2. The van der Waals surface area contributed by atoms with Gasteiger partial charge in [0.15, 0.2) is 0 Å². The number of hydrogen-bond acceptors (Lipinski definition) is 5. The summed E-state index contributed by atoms with van der Waals surface area (Å²) in [6.07, 6.45) is 0.912. The Balaban J connectivity index is 1.68. The number of benzene rings is 1. The fourth-order valence-corrected chi connectivity index (χ4v) is 2.63. The lowest BCUT2D eigenvalue weighted by atomic mass is 10.2. The van der Waals surface area contributed by atoms with E-state index in [0.717, 1.165) is 44.1 Å². The van der Waals surface area contributed by atoms with Gasteiger partial charge in [0.25, 0.3) is 0 Å². The lowest BCUT2D eigenvalue weighted by Gasteiger charge is -2.33. The van der Waals surface area contributed by atoms with Crippen molar-refractivity contribution in [2.24, 2.45) is 0 Å². The minimum Gasteiger partial charge on any atom is -0.353 e. The van der Waals surface area contributed by atoms with E-state index in [-0.39, 0.29) is 0 Å². The summed E-state index contributed by atoms with van der Waals surface area (Å²) < 4.78 is 0. The van der Waals surface area contributed by atoms with Gasteiger partial charge in [-0.25, -0.2) is 4.98 Å². The first-order valence-corrected chi connectivity index (χ1v) is 7.82. The number of nitrogens with zero attached hydrogens (tertiary/aromatic N) is 4. The van der Waals surface area contributed by atoms with Gasteiger partial charge in [-0.05, 0) is 12.5 Å². The van der Waals surface area contributed by atoms with E-state index in [9.17, 15) is 4.79 Å². The third kappa shape index (κ3) is 3.97. The van der Waals surface area contributed by atoms with Crippen LogP contribution in [-0.2, 0) is 11.3 Å². The second-order valence-electron chi connectivity index (χ2n) is 5.66. The molecule has 1 aromatic carbocycles. The van der Waals surface area contributed by atoms with E-state index >= 15 is 0 Å². The van der Waals surface area contributed by atoms with Crippen molar-refractivity contribution in [3.05, 3.63) is 47.7 Å². The summed E-state index contributed by atoms with van der Waals surface area (Å²) in [5, 5.41) is 3.29. The SMILES string of the molecule is Cc1cc(N2CCN(C=O)CC2)nc(NCc2ccccc2)n1. The highest BCUT2D eigenvalue weighted by molar-refractivity contribution is 5.50. The molecule has 1 aliphatic heterocycles. The Labute approximate surface area is 136 Å². The number of anilines is 2. The van der Waals surface area contributed by atoms with Gasteiger partial charge in [-0.3, -0.25) is 4.79 Å². The summed E-state index contributed by atoms with van der Waals surface area (Å²) >= 11 is 0. The molecule has 23 heavy (non-hydrogen) atoms. The molecular formula is C17H21N5O. The van der Waals surface area contributed by atoms with Gasteiger partial charge < -0.3 is 15.1 Å². The van der Waals surface area contributed by atoms with Crippen LogP contribution in [0.5, 0.6) is 0 Å². The molecule has 0 aliphatic carbocycles. The van der Waals surface area contributed by atoms with Crippen molar-refractivity contribution < 1.29 is 4.79 Å². The van der Waals surface area contributed by atoms with Gasteiger partial charge in [0.05, 0.1) is 0 Å². The van der Waals surface area contributed by atoms with Crippen LogP contribution < -0.4 is 10.2 Å². The number of hydrogen-bond donors (Lipinski definition) is 1. The zero-order chi connectivity index (χ0) is 16.1. The summed E-state index contributed by atoms with van der Waals surface area (Å²) in [6.45, 7) is 5.74.